The largest absolute Gasteiger partial charge is 0.353 e. The summed E-state index contributed by atoms with van der Waals surface area (Å²) >= 11 is 5.90. The van der Waals surface area contributed by atoms with Gasteiger partial charge in [-0.1, -0.05) is 6.92 Å². The van der Waals surface area contributed by atoms with Gasteiger partial charge in [-0.25, -0.2) is 0 Å². The van der Waals surface area contributed by atoms with Crippen molar-refractivity contribution >= 4 is 21.8 Å². The summed E-state index contributed by atoms with van der Waals surface area (Å²) in [5, 5.41) is 0. The maximum Gasteiger partial charge on any atom is 0.157 e. The molecule has 0 aliphatic heterocycles. The summed E-state index contributed by atoms with van der Waals surface area (Å²) in [6, 6.07) is 0. The molecule has 0 saturated heterocycles. The maximum absolute atomic E-state index is 5.95. The average molecular weight is 313 g/mol. The number of ether oxygens (including phenoxy) is 4. The smallest absolute Gasteiger partial charge is 0.157 e. The monoisotopic (exact) mass is 312 g/mol. The molecule has 0 aromatic rings. The van der Waals surface area contributed by atoms with Crippen LogP contribution in [0.3, 0.4) is 0 Å². The highest BCUT2D eigenvalue weighted by molar-refractivity contribution is 6.18. The van der Waals surface area contributed by atoms with E-state index in [1.165, 1.54) is 0 Å². The quantitative estimate of drug-likeness (QED) is 0.332. The summed E-state index contributed by atoms with van der Waals surface area (Å²) in [5.41, 5.74) is -0.628. The highest BCUT2D eigenvalue weighted by Crippen LogP contribution is 2.24. The van der Waals surface area contributed by atoms with E-state index in [-0.39, 0.29) is 12.6 Å². The summed E-state index contributed by atoms with van der Waals surface area (Å²) in [5.74, 6) is 0.907. The second kappa shape index (κ2) is 10.1. The lowest BCUT2D eigenvalue weighted by Gasteiger charge is -2.36. The third kappa shape index (κ3) is 8.99. The summed E-state index contributed by atoms with van der Waals surface area (Å²) in [6.45, 7) is 11.0. The van der Waals surface area contributed by atoms with Gasteiger partial charge in [0.05, 0.1) is 10.2 Å². The highest BCUT2D eigenvalue weighted by atomic mass is 35.5. The SMILES string of the molecule is CCOC(C)OC([SiH3])(CC(C)CCl)OC(C)OCC. The Labute approximate surface area is 125 Å². The van der Waals surface area contributed by atoms with Gasteiger partial charge in [-0.3, -0.25) is 0 Å². The number of rotatable bonds is 11. The number of hydrogen-bond acceptors (Lipinski definition) is 4. The second-order valence-electron chi connectivity index (χ2n) is 4.88. The van der Waals surface area contributed by atoms with Crippen molar-refractivity contribution in [1.29, 1.82) is 0 Å². The van der Waals surface area contributed by atoms with E-state index >= 15 is 0 Å². The van der Waals surface area contributed by atoms with Gasteiger partial charge < -0.3 is 18.9 Å². The molecule has 0 N–H and O–H groups in total. The molecule has 0 heterocycles. The second-order valence-corrected chi connectivity index (χ2v) is 6.71. The lowest BCUT2D eigenvalue weighted by atomic mass is 10.1. The van der Waals surface area contributed by atoms with Crippen molar-refractivity contribution in [1.82, 2.24) is 0 Å². The molecule has 0 rings (SSSR count). The van der Waals surface area contributed by atoms with Crippen molar-refractivity contribution in [2.24, 2.45) is 5.92 Å². The fraction of sp³-hybridized carbons (Fsp3) is 1.00. The first-order valence-corrected chi connectivity index (χ1v) is 8.55. The van der Waals surface area contributed by atoms with E-state index in [0.29, 0.717) is 25.0 Å². The lowest BCUT2D eigenvalue weighted by Crippen LogP contribution is -2.44. The van der Waals surface area contributed by atoms with Crippen LogP contribution in [0, 0.1) is 5.92 Å². The highest BCUT2D eigenvalue weighted by Gasteiger charge is 2.32. The van der Waals surface area contributed by atoms with Crippen LogP contribution in [-0.2, 0) is 18.9 Å². The Kier molecular flexibility index (Phi) is 10.3. The van der Waals surface area contributed by atoms with E-state index < -0.39 is 5.41 Å². The van der Waals surface area contributed by atoms with Crippen molar-refractivity contribution in [3.05, 3.63) is 0 Å². The van der Waals surface area contributed by atoms with Crippen molar-refractivity contribution in [3.63, 3.8) is 0 Å². The topological polar surface area (TPSA) is 36.9 Å². The van der Waals surface area contributed by atoms with Crippen LogP contribution < -0.4 is 0 Å². The Bertz CT molecular complexity index is 217. The minimum Gasteiger partial charge on any atom is -0.353 e. The van der Waals surface area contributed by atoms with Gasteiger partial charge in [-0.05, 0) is 33.6 Å². The normalized spacial score (nSPS) is 19.9. The van der Waals surface area contributed by atoms with Gasteiger partial charge in [0, 0.05) is 25.5 Å². The fourth-order valence-electron chi connectivity index (χ4n) is 2.05. The Hall–Kier alpha value is 0.347. The first kappa shape index (κ1) is 19.3. The Morgan fingerprint density at radius 3 is 1.74 bits per heavy atom. The third-order valence-corrected chi connectivity index (χ3v) is 4.02. The molecule has 0 aromatic carbocycles. The van der Waals surface area contributed by atoms with Crippen LogP contribution in [0.15, 0.2) is 0 Å². The van der Waals surface area contributed by atoms with Crippen LogP contribution >= 0.6 is 11.6 Å². The van der Waals surface area contributed by atoms with Crippen LogP contribution in [-0.4, -0.2) is 47.3 Å². The van der Waals surface area contributed by atoms with Crippen molar-refractivity contribution < 1.29 is 18.9 Å². The van der Waals surface area contributed by atoms with E-state index in [2.05, 4.69) is 6.92 Å². The summed E-state index contributed by atoms with van der Waals surface area (Å²) in [4.78, 5) is 0. The van der Waals surface area contributed by atoms with Crippen molar-refractivity contribution in [2.45, 2.75) is 59.0 Å². The molecule has 0 saturated carbocycles. The van der Waals surface area contributed by atoms with E-state index in [9.17, 15) is 0 Å². The molecule has 3 unspecified atom stereocenters. The van der Waals surface area contributed by atoms with Crippen molar-refractivity contribution in [3.8, 4) is 0 Å². The Balaban J connectivity index is 4.60. The number of hydrogen-bond donors (Lipinski definition) is 0. The van der Waals surface area contributed by atoms with Gasteiger partial charge >= 0.3 is 0 Å². The summed E-state index contributed by atoms with van der Waals surface area (Å²) in [7, 11) is 0.718. The number of alkyl halides is 1. The molecule has 0 radical (unpaired) electrons. The molecule has 0 fully saturated rings. The Morgan fingerprint density at radius 2 is 1.42 bits per heavy atom. The van der Waals surface area contributed by atoms with Gasteiger partial charge in [-0.15, -0.1) is 11.6 Å². The van der Waals surface area contributed by atoms with Crippen LogP contribution in [0.4, 0.5) is 0 Å². The van der Waals surface area contributed by atoms with Crippen molar-refractivity contribution in [2.75, 3.05) is 19.1 Å². The van der Waals surface area contributed by atoms with E-state index in [4.69, 9.17) is 30.5 Å². The first-order valence-electron chi connectivity index (χ1n) is 7.01. The molecular weight excluding hydrogens is 284 g/mol. The summed E-state index contributed by atoms with van der Waals surface area (Å²) < 4.78 is 22.8. The first-order chi connectivity index (χ1) is 8.86. The molecular formula is C13H29ClO4Si. The summed E-state index contributed by atoms with van der Waals surface area (Å²) in [6.07, 6.45) is 0.162. The van der Waals surface area contributed by atoms with Gasteiger partial charge in [0.2, 0.25) is 0 Å². The predicted molar refractivity (Wildman–Crippen MR) is 81.5 cm³/mol. The van der Waals surface area contributed by atoms with Crippen LogP contribution in [0.25, 0.3) is 0 Å². The Morgan fingerprint density at radius 1 is 1.00 bits per heavy atom. The van der Waals surface area contributed by atoms with E-state index in [0.717, 1.165) is 16.7 Å². The van der Waals surface area contributed by atoms with Crippen LogP contribution in [0.2, 0.25) is 0 Å². The van der Waals surface area contributed by atoms with Crippen LogP contribution in [0.1, 0.15) is 41.0 Å². The number of halogens is 1. The minimum atomic E-state index is -0.628. The molecule has 4 nitrogen and oxygen atoms in total. The molecule has 0 aromatic heterocycles. The fourth-order valence-corrected chi connectivity index (χ4v) is 3.52. The molecule has 0 aliphatic rings. The molecule has 0 aliphatic carbocycles. The molecule has 116 valence electrons. The maximum atomic E-state index is 5.95. The zero-order valence-corrected chi connectivity index (χ0v) is 15.8. The molecule has 0 amide bonds. The predicted octanol–water partition coefficient (Wildman–Crippen LogP) is 2.07. The molecule has 19 heavy (non-hydrogen) atoms. The van der Waals surface area contributed by atoms with E-state index in [1.54, 1.807) is 0 Å². The van der Waals surface area contributed by atoms with Crippen LogP contribution in [0.5, 0.6) is 0 Å². The molecule has 0 spiro atoms. The molecule has 6 heteroatoms. The molecule has 3 atom stereocenters. The van der Waals surface area contributed by atoms with Gasteiger partial charge in [0.1, 0.15) is 5.41 Å². The average Bonchev–Trinajstić information content (AvgIpc) is 2.28. The van der Waals surface area contributed by atoms with Gasteiger partial charge in [-0.2, -0.15) is 0 Å². The molecule has 0 bridgehead atoms. The standard InChI is InChI=1S/C13H29ClO4Si/c1-6-15-11(4)17-13(19,8-10(3)9-14)18-12(5)16-7-2/h10-12H,6-9H2,1-5,19H3. The lowest BCUT2D eigenvalue weighted by molar-refractivity contribution is -0.312. The zero-order valence-electron chi connectivity index (χ0n) is 13.1. The zero-order chi connectivity index (χ0) is 14.9. The third-order valence-electron chi connectivity index (χ3n) is 2.62. The van der Waals surface area contributed by atoms with Gasteiger partial charge in [0.15, 0.2) is 12.6 Å². The van der Waals surface area contributed by atoms with E-state index in [1.807, 2.05) is 27.7 Å². The van der Waals surface area contributed by atoms with Gasteiger partial charge in [0.25, 0.3) is 0 Å². The minimum absolute atomic E-state index is 0.293.